The Hall–Kier alpha value is -3.34. The van der Waals surface area contributed by atoms with Gasteiger partial charge in [-0.15, -0.1) is 6.58 Å². The minimum Gasteiger partial charge on any atom is -0.491 e. The molecule has 1 aliphatic carbocycles. The van der Waals surface area contributed by atoms with Crippen molar-refractivity contribution in [2.24, 2.45) is 0 Å². The highest BCUT2D eigenvalue weighted by Gasteiger charge is 2.25. The quantitative estimate of drug-likeness (QED) is 0.231. The molecule has 0 saturated heterocycles. The number of halogens is 4. The van der Waals surface area contributed by atoms with E-state index in [1.165, 1.54) is 12.1 Å². The molecule has 0 spiro atoms. The van der Waals surface area contributed by atoms with E-state index in [0.29, 0.717) is 36.0 Å². The topological polar surface area (TPSA) is 9.23 Å². The third-order valence-corrected chi connectivity index (χ3v) is 6.56. The van der Waals surface area contributed by atoms with Crippen molar-refractivity contribution in [3.63, 3.8) is 0 Å². The summed E-state index contributed by atoms with van der Waals surface area (Å²) < 4.78 is 64.1. The molecule has 0 amide bonds. The summed E-state index contributed by atoms with van der Waals surface area (Å²) in [4.78, 5) is 0. The Morgan fingerprint density at radius 2 is 1.60 bits per heavy atom. The van der Waals surface area contributed by atoms with Crippen LogP contribution in [0.1, 0.15) is 55.2 Å². The first-order valence-corrected chi connectivity index (χ1v) is 11.9. The minimum absolute atomic E-state index is 0.118. The van der Waals surface area contributed by atoms with Gasteiger partial charge in [0.1, 0.15) is 0 Å². The second-order valence-electron chi connectivity index (χ2n) is 8.73. The fourth-order valence-electron chi connectivity index (χ4n) is 4.63. The lowest BCUT2D eigenvalue weighted by Crippen LogP contribution is -2.09. The van der Waals surface area contributed by atoms with Crippen LogP contribution in [0.15, 0.2) is 67.3 Å². The Kier molecular flexibility index (Phi) is 7.74. The van der Waals surface area contributed by atoms with Crippen LogP contribution in [-0.2, 0) is 6.42 Å². The van der Waals surface area contributed by atoms with E-state index in [0.717, 1.165) is 18.4 Å². The average molecular weight is 481 g/mol. The van der Waals surface area contributed by atoms with E-state index in [1.54, 1.807) is 37.3 Å². The zero-order valence-electron chi connectivity index (χ0n) is 19.7. The number of hydrogen-bond donors (Lipinski definition) is 0. The number of rotatable bonds is 8. The van der Waals surface area contributed by atoms with Crippen molar-refractivity contribution in [2.75, 3.05) is 6.61 Å². The lowest BCUT2D eigenvalue weighted by molar-refractivity contribution is 0.314. The zero-order valence-corrected chi connectivity index (χ0v) is 19.7. The maximum atomic E-state index is 15.1. The van der Waals surface area contributed by atoms with Crippen LogP contribution >= 0.6 is 0 Å². The van der Waals surface area contributed by atoms with Gasteiger partial charge in [0.05, 0.1) is 6.61 Å². The van der Waals surface area contributed by atoms with Gasteiger partial charge in [0.2, 0.25) is 5.82 Å². The summed E-state index contributed by atoms with van der Waals surface area (Å²) in [6, 6.07) is 13.6. The zero-order chi connectivity index (χ0) is 24.9. The molecular formula is C30H28F4O. The summed E-state index contributed by atoms with van der Waals surface area (Å²) in [5.74, 6) is -4.03. The van der Waals surface area contributed by atoms with Gasteiger partial charge in [-0.2, -0.15) is 4.39 Å². The summed E-state index contributed by atoms with van der Waals surface area (Å²) in [7, 11) is 0. The van der Waals surface area contributed by atoms with Crippen LogP contribution in [-0.4, -0.2) is 6.61 Å². The van der Waals surface area contributed by atoms with E-state index in [9.17, 15) is 8.78 Å². The lowest BCUT2D eigenvalue weighted by atomic mass is 9.82. The molecule has 1 nitrogen and oxygen atoms in total. The highest BCUT2D eigenvalue weighted by atomic mass is 19.2. The molecule has 1 atom stereocenters. The van der Waals surface area contributed by atoms with Gasteiger partial charge in [-0.25, -0.2) is 13.2 Å². The van der Waals surface area contributed by atoms with Gasteiger partial charge < -0.3 is 4.74 Å². The Morgan fingerprint density at radius 1 is 0.886 bits per heavy atom. The summed E-state index contributed by atoms with van der Waals surface area (Å²) in [5, 5.41) is 0. The summed E-state index contributed by atoms with van der Waals surface area (Å²) >= 11 is 0. The first-order chi connectivity index (χ1) is 16.9. The SMILES string of the molecule is C=CCCc1ccc(-c2ccc(C3CC=C(c4ccc(OCC)c(F)c4F)CC3)c(F)c2F)cc1. The van der Waals surface area contributed by atoms with Crippen molar-refractivity contribution in [1.29, 1.82) is 0 Å². The van der Waals surface area contributed by atoms with Crippen molar-refractivity contribution >= 4 is 5.57 Å². The summed E-state index contributed by atoms with van der Waals surface area (Å²) in [5.41, 5.74) is 3.11. The van der Waals surface area contributed by atoms with Crippen molar-refractivity contribution in [2.45, 2.75) is 44.9 Å². The van der Waals surface area contributed by atoms with Crippen molar-refractivity contribution < 1.29 is 22.3 Å². The van der Waals surface area contributed by atoms with Crippen molar-refractivity contribution in [1.82, 2.24) is 0 Å². The van der Waals surface area contributed by atoms with Crippen molar-refractivity contribution in [3.8, 4) is 16.9 Å². The number of benzene rings is 3. The van der Waals surface area contributed by atoms with Crippen LogP contribution in [0.4, 0.5) is 17.6 Å². The van der Waals surface area contributed by atoms with Crippen LogP contribution in [0.5, 0.6) is 5.75 Å². The summed E-state index contributed by atoms with van der Waals surface area (Å²) in [6.45, 7) is 5.65. The Morgan fingerprint density at radius 3 is 2.26 bits per heavy atom. The van der Waals surface area contributed by atoms with Crippen LogP contribution < -0.4 is 4.74 Å². The van der Waals surface area contributed by atoms with Gasteiger partial charge in [0.15, 0.2) is 23.2 Å². The van der Waals surface area contributed by atoms with Gasteiger partial charge in [-0.1, -0.05) is 48.6 Å². The van der Waals surface area contributed by atoms with Gasteiger partial charge >= 0.3 is 0 Å². The Labute approximate surface area is 203 Å². The standard InChI is InChI=1S/C30H28F4O/c1-3-5-6-19-7-9-20(10-8-19)23-15-16-24(28(32)27(23)31)21-11-13-22(14-12-21)25-17-18-26(35-4-2)30(34)29(25)33/h3,7-10,13,15-18,21H,1,4-6,11-12,14H2,2H3. The molecule has 3 aromatic carbocycles. The van der Waals surface area contributed by atoms with Crippen LogP contribution in [0.25, 0.3) is 16.7 Å². The molecule has 0 radical (unpaired) electrons. The largest absolute Gasteiger partial charge is 0.491 e. The van der Waals surface area contributed by atoms with Crippen LogP contribution in [0.2, 0.25) is 0 Å². The van der Waals surface area contributed by atoms with E-state index in [2.05, 4.69) is 6.58 Å². The third kappa shape index (κ3) is 5.19. The monoisotopic (exact) mass is 480 g/mol. The molecule has 0 bridgehead atoms. The third-order valence-electron chi connectivity index (χ3n) is 6.56. The normalized spacial score (nSPS) is 15.6. The highest BCUT2D eigenvalue weighted by Crippen LogP contribution is 2.40. The molecule has 5 heteroatoms. The number of ether oxygens (including phenoxy) is 1. The van der Waals surface area contributed by atoms with E-state index < -0.39 is 23.3 Å². The Bertz CT molecular complexity index is 1240. The van der Waals surface area contributed by atoms with Gasteiger partial charge in [-0.3, -0.25) is 0 Å². The molecule has 0 saturated carbocycles. The minimum atomic E-state index is -1.01. The summed E-state index contributed by atoms with van der Waals surface area (Å²) in [6.07, 6.45) is 6.70. The predicted molar refractivity (Wildman–Crippen MR) is 132 cm³/mol. The van der Waals surface area contributed by atoms with E-state index >= 15 is 8.78 Å². The van der Waals surface area contributed by atoms with Crippen LogP contribution in [0.3, 0.4) is 0 Å². The van der Waals surface area contributed by atoms with Crippen LogP contribution in [0, 0.1) is 23.3 Å². The molecule has 0 fully saturated rings. The Balaban J connectivity index is 1.53. The predicted octanol–water partition coefficient (Wildman–Crippen LogP) is 8.78. The molecule has 0 aromatic heterocycles. The number of hydrogen-bond acceptors (Lipinski definition) is 1. The fraction of sp³-hybridized carbons (Fsp3) is 0.267. The van der Waals surface area contributed by atoms with Crippen molar-refractivity contribution in [3.05, 3.63) is 107 Å². The molecule has 35 heavy (non-hydrogen) atoms. The maximum absolute atomic E-state index is 15.1. The molecule has 1 aliphatic rings. The molecule has 3 aromatic rings. The average Bonchev–Trinajstić information content (AvgIpc) is 2.88. The second-order valence-corrected chi connectivity index (χ2v) is 8.73. The van der Waals surface area contributed by atoms with Gasteiger partial charge in [0, 0.05) is 11.1 Å². The number of allylic oxidation sites excluding steroid dienone is 3. The lowest BCUT2D eigenvalue weighted by Gasteiger charge is -2.24. The highest BCUT2D eigenvalue weighted by molar-refractivity contribution is 5.68. The van der Waals surface area contributed by atoms with Gasteiger partial charge in [-0.05, 0) is 79.3 Å². The molecule has 182 valence electrons. The molecule has 4 rings (SSSR count). The fourth-order valence-corrected chi connectivity index (χ4v) is 4.63. The maximum Gasteiger partial charge on any atom is 0.201 e. The molecular weight excluding hydrogens is 452 g/mol. The number of aryl methyl sites for hydroxylation is 1. The second kappa shape index (κ2) is 10.9. The first kappa shape index (κ1) is 24.8. The molecule has 1 unspecified atom stereocenters. The smallest absolute Gasteiger partial charge is 0.201 e. The first-order valence-electron chi connectivity index (χ1n) is 11.9. The molecule has 0 N–H and O–H groups in total. The van der Waals surface area contributed by atoms with E-state index in [-0.39, 0.29) is 29.4 Å². The molecule has 0 aliphatic heterocycles. The van der Waals surface area contributed by atoms with E-state index in [1.807, 2.05) is 18.2 Å². The van der Waals surface area contributed by atoms with Gasteiger partial charge in [0.25, 0.3) is 0 Å². The molecule has 0 heterocycles. The van der Waals surface area contributed by atoms with E-state index in [4.69, 9.17) is 4.74 Å².